The predicted octanol–water partition coefficient (Wildman–Crippen LogP) is 0.745. The summed E-state index contributed by atoms with van der Waals surface area (Å²) in [4.78, 5) is 33.0. The Morgan fingerprint density at radius 2 is 1.95 bits per heavy atom. The van der Waals surface area contributed by atoms with E-state index in [1.807, 2.05) is 0 Å². The fourth-order valence-corrected chi connectivity index (χ4v) is 1.28. The highest BCUT2D eigenvalue weighted by Gasteiger charge is 2.08. The van der Waals surface area contributed by atoms with E-state index in [0.717, 1.165) is 0 Å². The molecule has 1 aromatic carbocycles. The molecule has 0 fully saturated rings. The number of aliphatic carboxylic acids is 1. The highest BCUT2D eigenvalue weighted by atomic mass is 32.1. The molecule has 0 aliphatic heterocycles. The summed E-state index contributed by atoms with van der Waals surface area (Å²) in [6.45, 7) is -0.452. The Morgan fingerprint density at radius 1 is 1.26 bits per heavy atom. The quantitative estimate of drug-likeness (QED) is 0.511. The van der Waals surface area contributed by atoms with Crippen LogP contribution >= 0.6 is 12.6 Å². The number of hydrogen-bond acceptors (Lipinski definition) is 4. The van der Waals surface area contributed by atoms with Crippen LogP contribution < -0.4 is 16.8 Å². The van der Waals surface area contributed by atoms with E-state index >= 15 is 0 Å². The molecule has 19 heavy (non-hydrogen) atoms. The van der Waals surface area contributed by atoms with Crippen molar-refractivity contribution in [2.45, 2.75) is 0 Å². The molecule has 0 aliphatic rings. The van der Waals surface area contributed by atoms with Gasteiger partial charge >= 0.3 is 5.97 Å². The van der Waals surface area contributed by atoms with Crippen LogP contribution in [0.3, 0.4) is 0 Å². The molecule has 0 aliphatic carbocycles. The van der Waals surface area contributed by atoms with Crippen molar-refractivity contribution in [1.82, 2.24) is 11.5 Å². The van der Waals surface area contributed by atoms with Crippen LogP contribution in [-0.2, 0) is 9.59 Å². The van der Waals surface area contributed by atoms with E-state index in [2.05, 4.69) is 23.3 Å². The second-order valence-electron chi connectivity index (χ2n) is 3.36. The molecule has 1 rings (SSSR count). The van der Waals surface area contributed by atoms with Crippen LogP contribution in [0.15, 0.2) is 24.3 Å². The van der Waals surface area contributed by atoms with Crippen LogP contribution in [0.1, 0.15) is 10.4 Å². The summed E-state index contributed by atoms with van der Waals surface area (Å²) in [7, 11) is 0. The number of anilines is 1. The number of benzene rings is 1. The largest absolute Gasteiger partial charge is 0.480 e. The molecule has 0 radical (unpaired) electrons. The number of carbonyl (C=O) groups excluding carboxylic acids is 2. The molecule has 0 spiro atoms. The van der Waals surface area contributed by atoms with Crippen molar-refractivity contribution in [2.24, 2.45) is 0 Å². The first-order chi connectivity index (χ1) is 8.52. The Morgan fingerprint density at radius 3 is 2.53 bits per heavy atom. The van der Waals surface area contributed by atoms with Crippen molar-refractivity contribution < 1.29 is 19.5 Å². The third-order valence-electron chi connectivity index (χ3n) is 1.95. The molecule has 0 bridgehead atoms. The second kappa shape index (κ2) is 8.11. The van der Waals surface area contributed by atoms with Gasteiger partial charge in [-0.3, -0.25) is 14.4 Å². The smallest absolute Gasteiger partial charge is 0.322 e. The van der Waals surface area contributed by atoms with Gasteiger partial charge in [-0.2, -0.15) is 12.6 Å². The van der Waals surface area contributed by atoms with Gasteiger partial charge in [-0.05, 0) is 18.2 Å². The molecule has 1 aromatic rings. The van der Waals surface area contributed by atoms with Gasteiger partial charge in [0.05, 0.1) is 5.75 Å². The Balaban J connectivity index is 0.00000324. The minimum absolute atomic E-state index is 0. The van der Waals surface area contributed by atoms with Crippen molar-refractivity contribution in [1.29, 1.82) is 0 Å². The number of nitrogens with one attached hydrogen (secondary N) is 2. The average molecular weight is 286 g/mol. The molecular weight excluding hydrogens is 270 g/mol. The van der Waals surface area contributed by atoms with Crippen molar-refractivity contribution >= 4 is 36.1 Å². The van der Waals surface area contributed by atoms with E-state index in [4.69, 9.17) is 5.11 Å². The molecule has 7 nitrogen and oxygen atoms in total. The highest BCUT2D eigenvalue weighted by Crippen LogP contribution is 2.10. The topological polar surface area (TPSA) is 132 Å². The van der Waals surface area contributed by atoms with Crippen molar-refractivity contribution in [3.63, 3.8) is 0 Å². The van der Waals surface area contributed by atoms with Gasteiger partial charge in [-0.1, -0.05) is 6.07 Å². The van der Waals surface area contributed by atoms with Gasteiger partial charge < -0.3 is 21.9 Å². The van der Waals surface area contributed by atoms with Crippen LogP contribution in [0, 0.1) is 0 Å². The first-order valence-corrected chi connectivity index (χ1v) is 5.67. The fraction of sp³-hybridized carbons (Fsp3) is 0.182. The third kappa shape index (κ3) is 5.89. The average Bonchev–Trinajstić information content (AvgIpc) is 2.36. The summed E-state index contributed by atoms with van der Waals surface area (Å²) in [6.07, 6.45) is 0. The van der Waals surface area contributed by atoms with E-state index in [1.54, 1.807) is 12.1 Å². The lowest BCUT2D eigenvalue weighted by molar-refractivity contribution is -0.135. The standard InChI is InChI=1S/C11H12N2O4S.H3N/c14-9(6-18)13-8-3-1-2-7(4-8)11(17)12-5-10(15)16;/h1-4,18H,5-6H2,(H,12,17)(H,13,14)(H,15,16);1H3/p+1. The Labute approximate surface area is 115 Å². The summed E-state index contributed by atoms with van der Waals surface area (Å²) in [6, 6.07) is 6.19. The van der Waals surface area contributed by atoms with E-state index in [9.17, 15) is 14.4 Å². The van der Waals surface area contributed by atoms with Crippen LogP contribution in [0.4, 0.5) is 5.69 Å². The summed E-state index contributed by atoms with van der Waals surface area (Å²) in [5, 5.41) is 13.2. The maximum absolute atomic E-state index is 11.6. The fourth-order valence-electron chi connectivity index (χ4n) is 1.20. The van der Waals surface area contributed by atoms with Gasteiger partial charge in [0.15, 0.2) is 0 Å². The zero-order valence-corrected chi connectivity index (χ0v) is 11.2. The number of rotatable bonds is 5. The first-order valence-electron chi connectivity index (χ1n) is 5.03. The molecule has 8 heteroatoms. The zero-order chi connectivity index (χ0) is 13.5. The first kappa shape index (κ1) is 16.9. The SMILES string of the molecule is O=C(O)CNC(=O)c1cccc(NC(=O)CS)c1.[NH4+]. The summed E-state index contributed by atoms with van der Waals surface area (Å²) in [5.74, 6) is -1.89. The third-order valence-corrected chi connectivity index (χ3v) is 2.24. The van der Waals surface area contributed by atoms with E-state index in [0.29, 0.717) is 5.69 Å². The molecule has 0 heterocycles. The monoisotopic (exact) mass is 286 g/mol. The normalized spacial score (nSPS) is 9.11. The van der Waals surface area contributed by atoms with Crippen LogP contribution in [0.2, 0.25) is 0 Å². The summed E-state index contributed by atoms with van der Waals surface area (Å²) >= 11 is 3.81. The number of quaternary nitrogens is 1. The molecule has 0 atom stereocenters. The maximum atomic E-state index is 11.6. The number of hydrogen-bond donors (Lipinski definition) is 5. The van der Waals surface area contributed by atoms with Gasteiger partial charge in [-0.15, -0.1) is 0 Å². The van der Waals surface area contributed by atoms with Crippen LogP contribution in [0.25, 0.3) is 0 Å². The summed E-state index contributed by atoms with van der Waals surface area (Å²) < 4.78 is 0. The number of amides is 2. The van der Waals surface area contributed by atoms with Crippen LogP contribution in [-0.4, -0.2) is 35.2 Å². The Hall–Kier alpha value is -2.06. The Bertz CT molecular complexity index is 479. The number of carboxylic acid groups (broad SMARTS) is 1. The predicted molar refractivity (Wildman–Crippen MR) is 74.9 cm³/mol. The van der Waals surface area contributed by atoms with Gasteiger partial charge in [0.1, 0.15) is 6.54 Å². The second-order valence-corrected chi connectivity index (χ2v) is 3.68. The minimum atomic E-state index is -1.12. The van der Waals surface area contributed by atoms with Gasteiger partial charge in [0.25, 0.3) is 5.91 Å². The number of thiol groups is 1. The van der Waals surface area contributed by atoms with E-state index < -0.39 is 18.4 Å². The molecule has 7 N–H and O–H groups in total. The lowest BCUT2D eigenvalue weighted by Crippen LogP contribution is -2.29. The van der Waals surface area contributed by atoms with Crippen molar-refractivity contribution in [2.75, 3.05) is 17.6 Å². The zero-order valence-electron chi connectivity index (χ0n) is 10.3. The number of carboxylic acids is 1. The molecule has 104 valence electrons. The number of carbonyl (C=O) groups is 3. The molecule has 0 saturated heterocycles. The summed E-state index contributed by atoms with van der Waals surface area (Å²) in [5.41, 5.74) is 0.727. The van der Waals surface area contributed by atoms with Gasteiger partial charge in [0, 0.05) is 11.3 Å². The lowest BCUT2D eigenvalue weighted by atomic mass is 10.2. The lowest BCUT2D eigenvalue weighted by Gasteiger charge is -2.06. The van der Waals surface area contributed by atoms with E-state index in [-0.39, 0.29) is 23.4 Å². The molecular formula is C11H16N3O4S+. The van der Waals surface area contributed by atoms with Gasteiger partial charge in [0.2, 0.25) is 5.91 Å². The highest BCUT2D eigenvalue weighted by molar-refractivity contribution is 7.81. The van der Waals surface area contributed by atoms with Crippen molar-refractivity contribution in [3.8, 4) is 0 Å². The molecule has 0 saturated carbocycles. The minimum Gasteiger partial charge on any atom is -0.480 e. The molecule has 2 amide bonds. The van der Waals surface area contributed by atoms with Gasteiger partial charge in [-0.25, -0.2) is 0 Å². The molecule has 0 aromatic heterocycles. The Kier molecular flexibility index (Phi) is 7.23. The maximum Gasteiger partial charge on any atom is 0.322 e. The van der Waals surface area contributed by atoms with Crippen LogP contribution in [0.5, 0.6) is 0 Å². The molecule has 0 unspecified atom stereocenters. The van der Waals surface area contributed by atoms with E-state index in [1.165, 1.54) is 12.1 Å². The van der Waals surface area contributed by atoms with Crippen molar-refractivity contribution in [3.05, 3.63) is 29.8 Å².